The van der Waals surface area contributed by atoms with Crippen molar-refractivity contribution in [1.29, 1.82) is 0 Å². The Morgan fingerprint density at radius 2 is 1.62 bits per heavy atom. The van der Waals surface area contributed by atoms with Crippen molar-refractivity contribution < 1.29 is 51.1 Å². The van der Waals surface area contributed by atoms with E-state index in [0.29, 0.717) is 17.5 Å². The molecule has 56 heavy (non-hydrogen) atoms. The largest absolute Gasteiger partial charge is 0.444 e. The zero-order valence-corrected chi connectivity index (χ0v) is 32.3. The highest BCUT2D eigenvalue weighted by atomic mass is 19.4. The highest BCUT2D eigenvalue weighted by molar-refractivity contribution is 5.98. The van der Waals surface area contributed by atoms with Crippen molar-refractivity contribution in [3.05, 3.63) is 77.6 Å². The van der Waals surface area contributed by atoms with Crippen LogP contribution in [0.1, 0.15) is 70.1 Å². The number of fused-ring (bicyclic) bond motifs is 1. The molecule has 4 amide bonds. The number of nitrogens with zero attached hydrogens (tertiary/aromatic N) is 2. The fraction of sp³-hybridized carbons (Fsp3) is 0.500. The molecule has 2 aliphatic heterocycles. The molecule has 0 aromatic heterocycles. The van der Waals surface area contributed by atoms with E-state index in [1.165, 1.54) is 47.9 Å². The van der Waals surface area contributed by atoms with Gasteiger partial charge in [0.2, 0.25) is 17.7 Å². The number of carbonyl (C=O) groups is 6. The third kappa shape index (κ3) is 10.7. The van der Waals surface area contributed by atoms with E-state index in [0.717, 1.165) is 18.1 Å². The standard InChI is InChI=1S/C34H39F4N5O5.C4H8.2CH2O/c1-6-20-15-33(20,30(46)39-5)41-28(44)26-14-23(48-31(47)42-16-19-9-7-12-25(35)24(19)18-42)17-43(26)29(45)27(32(2,3)4)40-22-11-8-10-21(13-22)34(36,37)38;1-4-2-3-4;2*1-2/h6-13,20,23,26-27,40H,1,14-18H2,2-5H3,(H,39,46)(H,41,44);4H,2-3H2,1H3;2*1H2. The van der Waals surface area contributed by atoms with Crippen LogP contribution in [0.3, 0.4) is 0 Å². The highest BCUT2D eigenvalue weighted by Crippen LogP contribution is 2.45. The van der Waals surface area contributed by atoms with Crippen molar-refractivity contribution in [2.24, 2.45) is 17.3 Å². The zero-order chi connectivity index (χ0) is 42.2. The summed E-state index contributed by atoms with van der Waals surface area (Å²) in [7, 11) is 1.44. The molecule has 2 aromatic carbocycles. The second-order valence-corrected chi connectivity index (χ2v) is 15.3. The third-order valence-electron chi connectivity index (χ3n) is 10.1. The first-order chi connectivity index (χ1) is 26.4. The van der Waals surface area contributed by atoms with Crippen LogP contribution in [0.2, 0.25) is 0 Å². The van der Waals surface area contributed by atoms with Crippen molar-refractivity contribution in [3.63, 3.8) is 0 Å². The number of rotatable bonds is 8. The van der Waals surface area contributed by atoms with E-state index in [1.54, 1.807) is 39.0 Å². The number of anilines is 1. The van der Waals surface area contributed by atoms with Crippen LogP contribution in [-0.4, -0.2) is 84.5 Å². The van der Waals surface area contributed by atoms with Crippen LogP contribution in [0, 0.1) is 23.1 Å². The van der Waals surface area contributed by atoms with Crippen molar-refractivity contribution in [3.8, 4) is 0 Å². The van der Waals surface area contributed by atoms with Gasteiger partial charge < -0.3 is 35.2 Å². The van der Waals surface area contributed by atoms with Gasteiger partial charge in [-0.15, -0.1) is 6.58 Å². The Kier molecular flexibility index (Phi) is 15.0. The van der Waals surface area contributed by atoms with E-state index < -0.39 is 70.5 Å². The number of hydrogen-bond donors (Lipinski definition) is 3. The first-order valence-corrected chi connectivity index (χ1v) is 18.1. The molecule has 306 valence electrons. The van der Waals surface area contributed by atoms with Crippen LogP contribution >= 0.6 is 0 Å². The van der Waals surface area contributed by atoms with Gasteiger partial charge in [-0.25, -0.2) is 9.18 Å². The lowest BCUT2D eigenvalue weighted by Gasteiger charge is -2.36. The fourth-order valence-electron chi connectivity index (χ4n) is 6.60. The maximum Gasteiger partial charge on any atom is 0.416 e. The number of benzene rings is 2. The summed E-state index contributed by atoms with van der Waals surface area (Å²) in [6.45, 7) is 15.1. The second-order valence-electron chi connectivity index (χ2n) is 15.3. The van der Waals surface area contributed by atoms with Crippen LogP contribution in [0.25, 0.3) is 0 Å². The average molecular weight is 790 g/mol. The van der Waals surface area contributed by atoms with Gasteiger partial charge in [0.05, 0.1) is 18.7 Å². The number of halogens is 4. The van der Waals surface area contributed by atoms with E-state index in [4.69, 9.17) is 14.3 Å². The predicted octanol–water partition coefficient (Wildman–Crippen LogP) is 5.65. The van der Waals surface area contributed by atoms with Crippen LogP contribution < -0.4 is 16.0 Å². The quantitative estimate of drug-likeness (QED) is 0.229. The number of carbonyl (C=O) groups excluding carboxylic acids is 6. The molecule has 12 nitrogen and oxygen atoms in total. The number of nitrogens with one attached hydrogen (secondary N) is 3. The first-order valence-electron chi connectivity index (χ1n) is 18.1. The Balaban J connectivity index is 0.000000959. The van der Waals surface area contributed by atoms with Crippen molar-refractivity contribution >= 4 is 43.1 Å². The minimum Gasteiger partial charge on any atom is -0.444 e. The van der Waals surface area contributed by atoms with Gasteiger partial charge in [0.15, 0.2) is 0 Å². The summed E-state index contributed by atoms with van der Waals surface area (Å²) in [5.74, 6) is -1.40. The number of alkyl halides is 3. The van der Waals surface area contributed by atoms with E-state index in [9.17, 15) is 36.7 Å². The second kappa shape index (κ2) is 18.6. The molecule has 3 N–H and O–H groups in total. The summed E-state index contributed by atoms with van der Waals surface area (Å²) in [6, 6.07) is 6.71. The Hall–Kier alpha value is -5.28. The number of amides is 4. The molecule has 5 unspecified atom stereocenters. The molecule has 1 saturated heterocycles. The molecule has 6 rings (SSSR count). The lowest BCUT2D eigenvalue weighted by Crippen LogP contribution is -2.57. The monoisotopic (exact) mass is 789 g/mol. The van der Waals surface area contributed by atoms with Gasteiger partial charge in [0.1, 0.15) is 43.1 Å². The molecule has 0 bridgehead atoms. The zero-order valence-electron chi connectivity index (χ0n) is 32.3. The Morgan fingerprint density at radius 3 is 2.14 bits per heavy atom. The molecule has 5 atom stereocenters. The third-order valence-corrected chi connectivity index (χ3v) is 10.1. The predicted molar refractivity (Wildman–Crippen MR) is 200 cm³/mol. The van der Waals surface area contributed by atoms with Gasteiger partial charge in [-0.3, -0.25) is 19.3 Å². The Morgan fingerprint density at radius 1 is 1.00 bits per heavy atom. The van der Waals surface area contributed by atoms with E-state index in [2.05, 4.69) is 29.5 Å². The first kappa shape index (κ1) is 45.1. The summed E-state index contributed by atoms with van der Waals surface area (Å²) in [5, 5.41) is 8.27. The topological polar surface area (TPSA) is 154 Å². The summed E-state index contributed by atoms with van der Waals surface area (Å²) in [6.07, 6.45) is -1.59. The molecular weight excluding hydrogens is 738 g/mol. The average Bonchev–Trinajstić information content (AvgIpc) is 3.99. The van der Waals surface area contributed by atoms with Gasteiger partial charge in [0.25, 0.3) is 0 Å². The van der Waals surface area contributed by atoms with Gasteiger partial charge in [-0.1, -0.05) is 64.8 Å². The van der Waals surface area contributed by atoms with Gasteiger partial charge >= 0.3 is 12.3 Å². The van der Waals surface area contributed by atoms with Crippen LogP contribution in [0.4, 0.5) is 28.0 Å². The minimum atomic E-state index is -4.61. The van der Waals surface area contributed by atoms with Crippen molar-refractivity contribution in [1.82, 2.24) is 20.4 Å². The molecule has 2 aromatic rings. The molecule has 0 spiro atoms. The minimum absolute atomic E-state index is 0.00921. The van der Waals surface area contributed by atoms with Crippen molar-refractivity contribution in [2.45, 2.75) is 96.4 Å². The summed E-state index contributed by atoms with van der Waals surface area (Å²) in [4.78, 5) is 72.8. The molecule has 2 aliphatic carbocycles. The molecule has 16 heteroatoms. The molecule has 0 radical (unpaired) electrons. The Labute approximate surface area is 324 Å². The molecule has 2 heterocycles. The van der Waals surface area contributed by atoms with Crippen molar-refractivity contribution in [2.75, 3.05) is 18.9 Å². The summed E-state index contributed by atoms with van der Waals surface area (Å²) < 4.78 is 60.5. The number of ether oxygens (including phenoxy) is 1. The van der Waals surface area contributed by atoms with Gasteiger partial charge in [-0.05, 0) is 47.6 Å². The lowest BCUT2D eigenvalue weighted by molar-refractivity contribution is -0.141. The SMILES string of the molecule is C=CC1CC1(NC(=O)C1CC(OC(=O)N2Cc3cccc(F)c3C2)CN1C(=O)C(Nc1cccc(C(F)(F)F)c1)C(C)(C)C)C(=O)NC.C=O.C=O.CC1CC1. The smallest absolute Gasteiger partial charge is 0.416 e. The number of likely N-dealkylation sites (N-methyl/N-ethyl adjacent to an activating group) is 1. The molecular formula is C40H51F4N5O7. The van der Waals surface area contributed by atoms with Crippen LogP contribution in [-0.2, 0) is 48.0 Å². The summed E-state index contributed by atoms with van der Waals surface area (Å²) >= 11 is 0. The van der Waals surface area contributed by atoms with E-state index >= 15 is 0 Å². The fourth-order valence-corrected chi connectivity index (χ4v) is 6.60. The molecule has 3 fully saturated rings. The maximum absolute atomic E-state index is 14.3. The molecule has 2 saturated carbocycles. The Bertz CT molecular complexity index is 1750. The van der Waals surface area contributed by atoms with E-state index in [1.807, 2.05) is 13.6 Å². The molecule has 4 aliphatic rings. The normalized spacial score (nSPS) is 22.6. The highest BCUT2D eigenvalue weighted by Gasteiger charge is 2.60. The maximum atomic E-state index is 14.3. The number of likely N-dealkylation sites (tertiary alicyclic amines) is 1. The van der Waals surface area contributed by atoms with Gasteiger partial charge in [0, 0.05) is 37.2 Å². The van der Waals surface area contributed by atoms with Crippen LogP contribution in [0.15, 0.2) is 55.1 Å². The van der Waals surface area contributed by atoms with E-state index in [-0.39, 0.29) is 37.7 Å². The summed E-state index contributed by atoms with van der Waals surface area (Å²) in [5.41, 5.74) is -1.95. The van der Waals surface area contributed by atoms with Gasteiger partial charge in [-0.2, -0.15) is 13.2 Å². The lowest BCUT2D eigenvalue weighted by atomic mass is 9.85. The number of hydrogen-bond acceptors (Lipinski definition) is 8. The van der Waals surface area contributed by atoms with Crippen LogP contribution in [0.5, 0.6) is 0 Å².